The zero-order valence-corrected chi connectivity index (χ0v) is 16.4. The van der Waals surface area contributed by atoms with E-state index in [0.717, 1.165) is 38.3 Å². The van der Waals surface area contributed by atoms with E-state index in [-0.39, 0.29) is 0 Å². The first-order valence-corrected chi connectivity index (χ1v) is 9.94. The van der Waals surface area contributed by atoms with Gasteiger partial charge < -0.3 is 9.47 Å². The van der Waals surface area contributed by atoms with E-state index < -0.39 is 0 Å². The molecule has 2 aromatic rings. The molecule has 4 heteroatoms. The van der Waals surface area contributed by atoms with E-state index in [4.69, 9.17) is 9.47 Å². The number of fused-ring (bicyclic) bond motifs is 4. The molecule has 0 radical (unpaired) electrons. The van der Waals surface area contributed by atoms with Gasteiger partial charge in [-0.25, -0.2) is 0 Å². The van der Waals surface area contributed by atoms with Crippen LogP contribution in [0.5, 0.6) is 5.75 Å². The molecule has 3 aliphatic rings. The van der Waals surface area contributed by atoms with Crippen molar-refractivity contribution in [1.82, 2.24) is 9.80 Å². The Bertz CT molecular complexity index is 719. The molecular formula is C23H30N2O2. The number of benzene rings is 2. The van der Waals surface area contributed by atoms with Crippen LogP contribution in [0.3, 0.4) is 0 Å². The summed E-state index contributed by atoms with van der Waals surface area (Å²) in [5.41, 5.74) is 2.74. The first kappa shape index (κ1) is 18.5. The first-order chi connectivity index (χ1) is 13.3. The van der Waals surface area contributed by atoms with Crippen LogP contribution in [0.4, 0.5) is 0 Å². The number of hydrogen-bond donors (Lipinski definition) is 0. The molecule has 2 unspecified atom stereocenters. The fourth-order valence-corrected chi connectivity index (χ4v) is 4.64. The second-order valence-corrected chi connectivity index (χ2v) is 7.77. The van der Waals surface area contributed by atoms with Gasteiger partial charge in [-0.2, -0.15) is 0 Å². The third-order valence-corrected chi connectivity index (χ3v) is 6.14. The van der Waals surface area contributed by atoms with Crippen molar-refractivity contribution in [1.29, 1.82) is 0 Å². The van der Waals surface area contributed by atoms with Crippen LogP contribution in [0.25, 0.3) is 0 Å². The van der Waals surface area contributed by atoms with Crippen LogP contribution < -0.4 is 4.74 Å². The fraction of sp³-hybridized carbons (Fsp3) is 0.478. The smallest absolute Gasteiger partial charge is 0.118 e. The molecule has 3 atom stereocenters. The lowest BCUT2D eigenvalue weighted by atomic mass is 10.0. The lowest BCUT2D eigenvalue weighted by Gasteiger charge is -2.45. The molecule has 27 heavy (non-hydrogen) atoms. The fourth-order valence-electron chi connectivity index (χ4n) is 4.64. The molecule has 0 aliphatic carbocycles. The molecule has 0 spiro atoms. The highest BCUT2D eigenvalue weighted by atomic mass is 16.5. The highest BCUT2D eigenvalue weighted by Gasteiger charge is 2.41. The quantitative estimate of drug-likeness (QED) is 0.780. The molecule has 4 nitrogen and oxygen atoms in total. The number of rotatable bonds is 6. The predicted molar refractivity (Wildman–Crippen MR) is 108 cm³/mol. The maximum atomic E-state index is 5.92. The molecule has 2 bridgehead atoms. The SMILES string of the molecule is COc1ccc(CN2CC3CC[C@H](OC)C2CN3Cc2ccccc2)cc1. The number of nitrogens with zero attached hydrogens (tertiary/aromatic N) is 2. The molecule has 0 amide bonds. The summed E-state index contributed by atoms with van der Waals surface area (Å²) in [6.45, 7) is 4.20. The summed E-state index contributed by atoms with van der Waals surface area (Å²) in [7, 11) is 3.59. The van der Waals surface area contributed by atoms with Gasteiger partial charge in [0.05, 0.1) is 13.2 Å². The summed E-state index contributed by atoms with van der Waals surface area (Å²) < 4.78 is 11.2. The zero-order chi connectivity index (χ0) is 18.6. The van der Waals surface area contributed by atoms with Crippen molar-refractivity contribution < 1.29 is 9.47 Å². The van der Waals surface area contributed by atoms with E-state index in [1.807, 2.05) is 7.11 Å². The standard InChI is InChI=1S/C23H30N2O2/c1-26-21-11-8-19(9-12-21)15-25-16-20-10-13-23(27-2)22(25)17-24(20)14-18-6-4-3-5-7-18/h3-9,11-12,20,22-23H,10,13-17H2,1-2H3/t20?,22?,23-/m0/s1. The third kappa shape index (κ3) is 4.18. The highest BCUT2D eigenvalue weighted by Crippen LogP contribution is 2.31. The Kier molecular flexibility index (Phi) is 5.77. The maximum Gasteiger partial charge on any atom is 0.118 e. The largest absolute Gasteiger partial charge is 0.497 e. The van der Waals surface area contributed by atoms with Gasteiger partial charge in [0.2, 0.25) is 0 Å². The molecule has 3 heterocycles. The van der Waals surface area contributed by atoms with E-state index >= 15 is 0 Å². The van der Waals surface area contributed by atoms with Gasteiger partial charge in [-0.05, 0) is 36.1 Å². The average Bonchev–Trinajstić information content (AvgIpc) is 2.99. The van der Waals surface area contributed by atoms with E-state index in [0.29, 0.717) is 18.2 Å². The van der Waals surface area contributed by atoms with Gasteiger partial charge in [0.1, 0.15) is 5.75 Å². The molecule has 5 rings (SSSR count). The summed E-state index contributed by atoms with van der Waals surface area (Å²) in [4.78, 5) is 5.30. The minimum absolute atomic E-state index is 0.314. The van der Waals surface area contributed by atoms with Gasteiger partial charge >= 0.3 is 0 Å². The number of piperazine rings is 1. The van der Waals surface area contributed by atoms with Crippen molar-refractivity contribution in [3.63, 3.8) is 0 Å². The van der Waals surface area contributed by atoms with Crippen molar-refractivity contribution in [3.05, 3.63) is 65.7 Å². The van der Waals surface area contributed by atoms with Crippen LogP contribution in [-0.2, 0) is 17.8 Å². The van der Waals surface area contributed by atoms with Crippen LogP contribution in [0, 0.1) is 0 Å². The monoisotopic (exact) mass is 366 g/mol. The Morgan fingerprint density at radius 3 is 2.22 bits per heavy atom. The van der Waals surface area contributed by atoms with Gasteiger partial charge in [0.25, 0.3) is 0 Å². The molecule has 0 N–H and O–H groups in total. The molecule has 3 fully saturated rings. The lowest BCUT2D eigenvalue weighted by molar-refractivity contribution is -0.0276. The first-order valence-electron chi connectivity index (χ1n) is 9.94. The Morgan fingerprint density at radius 2 is 1.52 bits per heavy atom. The summed E-state index contributed by atoms with van der Waals surface area (Å²) >= 11 is 0. The third-order valence-electron chi connectivity index (χ3n) is 6.14. The normalized spacial score (nSPS) is 26.1. The van der Waals surface area contributed by atoms with Crippen molar-refractivity contribution in [3.8, 4) is 5.75 Å². The van der Waals surface area contributed by atoms with Gasteiger partial charge in [0, 0.05) is 45.4 Å². The van der Waals surface area contributed by atoms with E-state index in [1.165, 1.54) is 17.5 Å². The molecule has 144 valence electrons. The summed E-state index contributed by atoms with van der Waals surface area (Å²) in [6, 6.07) is 20.4. The molecule has 0 aromatic heterocycles. The van der Waals surface area contributed by atoms with Crippen molar-refractivity contribution >= 4 is 0 Å². The Balaban J connectivity index is 1.49. The number of hydrogen-bond acceptors (Lipinski definition) is 4. The summed E-state index contributed by atoms with van der Waals surface area (Å²) in [5, 5.41) is 0. The van der Waals surface area contributed by atoms with E-state index in [1.54, 1.807) is 7.11 Å². The highest BCUT2D eigenvalue weighted by molar-refractivity contribution is 5.27. The molecule has 0 saturated carbocycles. The molecule has 2 aromatic carbocycles. The molecular weight excluding hydrogens is 336 g/mol. The van der Waals surface area contributed by atoms with Crippen LogP contribution in [0.15, 0.2) is 54.6 Å². The Hall–Kier alpha value is -1.88. The van der Waals surface area contributed by atoms with Crippen LogP contribution in [0.1, 0.15) is 24.0 Å². The average molecular weight is 367 g/mol. The maximum absolute atomic E-state index is 5.92. The molecule has 3 aliphatic heterocycles. The van der Waals surface area contributed by atoms with Gasteiger partial charge in [-0.1, -0.05) is 42.5 Å². The summed E-state index contributed by atoms with van der Waals surface area (Å²) in [6.07, 6.45) is 2.67. The van der Waals surface area contributed by atoms with Crippen molar-refractivity contribution in [2.45, 2.75) is 44.1 Å². The van der Waals surface area contributed by atoms with Crippen LogP contribution >= 0.6 is 0 Å². The lowest BCUT2D eigenvalue weighted by Crippen LogP contribution is -2.58. The second kappa shape index (κ2) is 8.42. The summed E-state index contributed by atoms with van der Waals surface area (Å²) in [5.74, 6) is 0.917. The second-order valence-electron chi connectivity index (χ2n) is 7.77. The minimum atomic E-state index is 0.314. The predicted octanol–water partition coefficient (Wildman–Crippen LogP) is 3.56. The van der Waals surface area contributed by atoms with Crippen LogP contribution in [0.2, 0.25) is 0 Å². The minimum Gasteiger partial charge on any atom is -0.497 e. The van der Waals surface area contributed by atoms with Gasteiger partial charge in [-0.15, -0.1) is 0 Å². The Labute approximate surface area is 162 Å². The van der Waals surface area contributed by atoms with E-state index in [9.17, 15) is 0 Å². The zero-order valence-electron chi connectivity index (χ0n) is 16.4. The van der Waals surface area contributed by atoms with Crippen LogP contribution in [-0.4, -0.2) is 55.3 Å². The number of methoxy groups -OCH3 is 2. The van der Waals surface area contributed by atoms with Crippen molar-refractivity contribution in [2.75, 3.05) is 27.3 Å². The topological polar surface area (TPSA) is 24.9 Å². The molecule has 3 saturated heterocycles. The van der Waals surface area contributed by atoms with Gasteiger partial charge in [-0.3, -0.25) is 9.80 Å². The van der Waals surface area contributed by atoms with E-state index in [2.05, 4.69) is 64.4 Å². The Morgan fingerprint density at radius 1 is 0.815 bits per heavy atom. The van der Waals surface area contributed by atoms with Crippen molar-refractivity contribution in [2.24, 2.45) is 0 Å². The van der Waals surface area contributed by atoms with Gasteiger partial charge in [0.15, 0.2) is 0 Å². The number of ether oxygens (including phenoxy) is 2.